The van der Waals surface area contributed by atoms with Crippen LogP contribution in [-0.4, -0.2) is 20.1 Å². The number of hydrogen-bond acceptors (Lipinski definition) is 4. The summed E-state index contributed by atoms with van der Waals surface area (Å²) in [7, 11) is -3.62. The Balaban J connectivity index is 2.01. The zero-order chi connectivity index (χ0) is 14.8. The first kappa shape index (κ1) is 14.7. The summed E-state index contributed by atoms with van der Waals surface area (Å²) in [5.41, 5.74) is 1.65. The van der Waals surface area contributed by atoms with Crippen molar-refractivity contribution in [2.75, 3.05) is 6.54 Å². The predicted molar refractivity (Wildman–Crippen MR) is 71.3 cm³/mol. The zero-order valence-electron chi connectivity index (χ0n) is 11.2. The van der Waals surface area contributed by atoms with Gasteiger partial charge in [-0.05, 0) is 44.5 Å². The summed E-state index contributed by atoms with van der Waals surface area (Å²) >= 11 is 0. The maximum absolute atomic E-state index is 12.8. The maximum Gasteiger partial charge on any atom is 0.240 e. The van der Waals surface area contributed by atoms with Crippen molar-refractivity contribution < 1.29 is 17.3 Å². The number of nitrogens with zero attached hydrogens (tertiary/aromatic N) is 1. The number of aryl methyl sites for hydroxylation is 2. The van der Waals surface area contributed by atoms with Crippen LogP contribution >= 0.6 is 0 Å². The van der Waals surface area contributed by atoms with Gasteiger partial charge in [-0.2, -0.15) is 0 Å². The molecule has 1 heterocycles. The van der Waals surface area contributed by atoms with Crippen LogP contribution in [0.25, 0.3) is 0 Å². The second-order valence-electron chi connectivity index (χ2n) is 4.40. The minimum absolute atomic E-state index is 0.0395. The van der Waals surface area contributed by atoms with E-state index in [4.69, 9.17) is 4.52 Å². The van der Waals surface area contributed by atoms with Crippen molar-refractivity contribution in [2.24, 2.45) is 0 Å². The molecule has 7 heteroatoms. The Morgan fingerprint density at radius 1 is 1.25 bits per heavy atom. The minimum Gasteiger partial charge on any atom is -0.361 e. The number of benzene rings is 1. The third kappa shape index (κ3) is 3.23. The highest BCUT2D eigenvalue weighted by atomic mass is 32.2. The molecule has 0 saturated carbocycles. The molecule has 0 fully saturated rings. The second-order valence-corrected chi connectivity index (χ2v) is 6.17. The van der Waals surface area contributed by atoms with Gasteiger partial charge in [0.25, 0.3) is 0 Å². The molecule has 1 N–H and O–H groups in total. The van der Waals surface area contributed by atoms with Crippen LogP contribution in [0.3, 0.4) is 0 Å². The Hall–Kier alpha value is -1.73. The van der Waals surface area contributed by atoms with E-state index in [0.717, 1.165) is 23.4 Å². The number of rotatable bonds is 5. The Morgan fingerprint density at radius 3 is 2.45 bits per heavy atom. The summed E-state index contributed by atoms with van der Waals surface area (Å²) in [5, 5.41) is 3.81. The van der Waals surface area contributed by atoms with Gasteiger partial charge in [-0.15, -0.1) is 0 Å². The zero-order valence-corrected chi connectivity index (χ0v) is 12.0. The quantitative estimate of drug-likeness (QED) is 0.915. The van der Waals surface area contributed by atoms with Crippen molar-refractivity contribution in [3.05, 3.63) is 47.1 Å². The Bertz CT molecular complexity index is 673. The van der Waals surface area contributed by atoms with Crippen molar-refractivity contribution in [2.45, 2.75) is 25.2 Å². The molecule has 0 radical (unpaired) electrons. The summed E-state index contributed by atoms with van der Waals surface area (Å²) in [6.07, 6.45) is 0.488. The molecular weight excluding hydrogens is 283 g/mol. The molecule has 0 spiro atoms. The summed E-state index contributed by atoms with van der Waals surface area (Å²) in [6.45, 7) is 3.81. The van der Waals surface area contributed by atoms with E-state index in [-0.39, 0.29) is 11.4 Å². The SMILES string of the molecule is Cc1noc(C)c1CCNS(=O)(=O)c1ccc(F)cc1. The second kappa shape index (κ2) is 5.72. The van der Waals surface area contributed by atoms with Crippen LogP contribution in [0.1, 0.15) is 17.0 Å². The van der Waals surface area contributed by atoms with Gasteiger partial charge in [-0.25, -0.2) is 17.5 Å². The molecule has 20 heavy (non-hydrogen) atoms. The number of hydrogen-bond donors (Lipinski definition) is 1. The lowest BCUT2D eigenvalue weighted by molar-refractivity contribution is 0.392. The topological polar surface area (TPSA) is 72.2 Å². The van der Waals surface area contributed by atoms with E-state index in [1.165, 1.54) is 12.1 Å². The van der Waals surface area contributed by atoms with E-state index < -0.39 is 15.8 Å². The largest absolute Gasteiger partial charge is 0.361 e. The van der Waals surface area contributed by atoms with Crippen molar-refractivity contribution in [1.82, 2.24) is 9.88 Å². The lowest BCUT2D eigenvalue weighted by Gasteiger charge is -2.06. The van der Waals surface area contributed by atoms with E-state index in [2.05, 4.69) is 9.88 Å². The van der Waals surface area contributed by atoms with Crippen molar-refractivity contribution in [1.29, 1.82) is 0 Å². The lowest BCUT2D eigenvalue weighted by Crippen LogP contribution is -2.26. The van der Waals surface area contributed by atoms with Gasteiger partial charge in [-0.1, -0.05) is 5.16 Å². The van der Waals surface area contributed by atoms with Crippen LogP contribution in [0.15, 0.2) is 33.7 Å². The van der Waals surface area contributed by atoms with E-state index in [1.807, 2.05) is 0 Å². The summed E-state index contributed by atoms with van der Waals surface area (Å²) < 4.78 is 44.2. The molecule has 0 atom stereocenters. The molecule has 0 unspecified atom stereocenters. The van der Waals surface area contributed by atoms with Crippen LogP contribution in [0, 0.1) is 19.7 Å². The fourth-order valence-corrected chi connectivity index (χ4v) is 2.90. The van der Waals surface area contributed by atoms with Crippen LogP contribution in [0.5, 0.6) is 0 Å². The first-order valence-electron chi connectivity index (χ1n) is 6.07. The molecule has 0 aliphatic rings. The van der Waals surface area contributed by atoms with Crippen LogP contribution in [0.2, 0.25) is 0 Å². The van der Waals surface area contributed by atoms with Crippen molar-refractivity contribution >= 4 is 10.0 Å². The summed E-state index contributed by atoms with van der Waals surface area (Å²) in [6, 6.07) is 4.69. The Kier molecular flexibility index (Phi) is 4.20. The number of nitrogens with one attached hydrogen (secondary N) is 1. The molecule has 0 bridgehead atoms. The monoisotopic (exact) mass is 298 g/mol. The average molecular weight is 298 g/mol. The Morgan fingerprint density at radius 2 is 1.90 bits per heavy atom. The maximum atomic E-state index is 12.8. The van der Waals surface area contributed by atoms with Gasteiger partial charge in [0.1, 0.15) is 11.6 Å². The molecule has 1 aromatic carbocycles. The van der Waals surface area contributed by atoms with Crippen molar-refractivity contribution in [3.63, 3.8) is 0 Å². The van der Waals surface area contributed by atoms with Gasteiger partial charge >= 0.3 is 0 Å². The highest BCUT2D eigenvalue weighted by Gasteiger charge is 2.15. The standard InChI is InChI=1S/C13H15FN2O3S/c1-9-13(10(2)19-16-9)7-8-15-20(17,18)12-5-3-11(14)4-6-12/h3-6,15H,7-8H2,1-2H3. The molecule has 0 saturated heterocycles. The van der Waals surface area contributed by atoms with E-state index in [9.17, 15) is 12.8 Å². The first-order chi connectivity index (χ1) is 9.40. The average Bonchev–Trinajstić information content (AvgIpc) is 2.71. The molecule has 0 amide bonds. The minimum atomic E-state index is -3.62. The molecule has 2 rings (SSSR count). The smallest absolute Gasteiger partial charge is 0.240 e. The summed E-state index contributed by atoms with van der Waals surface area (Å²) in [5.74, 6) is 0.211. The Labute approximate surface area is 116 Å². The van der Waals surface area contributed by atoms with Gasteiger partial charge in [0.2, 0.25) is 10.0 Å². The van der Waals surface area contributed by atoms with Crippen LogP contribution < -0.4 is 4.72 Å². The third-order valence-corrected chi connectivity index (χ3v) is 4.45. The first-order valence-corrected chi connectivity index (χ1v) is 7.55. The number of aromatic nitrogens is 1. The molecule has 1 aromatic heterocycles. The molecule has 2 aromatic rings. The van der Waals surface area contributed by atoms with Crippen molar-refractivity contribution in [3.8, 4) is 0 Å². The fraction of sp³-hybridized carbons (Fsp3) is 0.308. The van der Waals surface area contributed by atoms with E-state index in [0.29, 0.717) is 12.2 Å². The molecule has 0 aliphatic carbocycles. The van der Waals surface area contributed by atoms with Gasteiger partial charge in [-0.3, -0.25) is 0 Å². The molecule has 5 nitrogen and oxygen atoms in total. The predicted octanol–water partition coefficient (Wildman–Crippen LogP) is 1.95. The highest BCUT2D eigenvalue weighted by Crippen LogP contribution is 2.13. The highest BCUT2D eigenvalue weighted by molar-refractivity contribution is 7.89. The lowest BCUT2D eigenvalue weighted by atomic mass is 10.1. The van der Waals surface area contributed by atoms with E-state index in [1.54, 1.807) is 13.8 Å². The molecule has 0 aliphatic heterocycles. The third-order valence-electron chi connectivity index (χ3n) is 2.97. The number of sulfonamides is 1. The van der Waals surface area contributed by atoms with Crippen LogP contribution in [0.4, 0.5) is 4.39 Å². The number of halogens is 1. The normalized spacial score (nSPS) is 11.8. The van der Waals surface area contributed by atoms with Gasteiger partial charge < -0.3 is 4.52 Å². The van der Waals surface area contributed by atoms with Gasteiger partial charge in [0.05, 0.1) is 10.6 Å². The summed E-state index contributed by atoms with van der Waals surface area (Å²) in [4.78, 5) is 0.0395. The molecule has 108 valence electrons. The molecular formula is C13H15FN2O3S. The van der Waals surface area contributed by atoms with Gasteiger partial charge in [0, 0.05) is 12.1 Å². The van der Waals surface area contributed by atoms with E-state index >= 15 is 0 Å². The van der Waals surface area contributed by atoms with Gasteiger partial charge in [0.15, 0.2) is 0 Å². The van der Waals surface area contributed by atoms with Crippen LogP contribution in [-0.2, 0) is 16.4 Å². The fourth-order valence-electron chi connectivity index (χ4n) is 1.87.